The molecule has 0 aliphatic heterocycles. The predicted molar refractivity (Wildman–Crippen MR) is 136 cm³/mol. The fraction of sp³-hybridized carbons (Fsp3) is 0.250. The first-order chi connectivity index (χ1) is 16.5. The highest BCUT2D eigenvalue weighted by molar-refractivity contribution is 9.10. The molecule has 0 fully saturated rings. The number of esters is 1. The van der Waals surface area contributed by atoms with E-state index in [2.05, 4.69) is 36.8 Å². The number of halogens is 1. The number of thiazole rings is 1. The summed E-state index contributed by atoms with van der Waals surface area (Å²) in [5.74, 6) is 0.00811. The number of hydrogen-bond donors (Lipinski definition) is 2. The first kappa shape index (κ1) is 25.4. The number of carbonyl (C=O) groups is 2. The Hall–Kier alpha value is -3.24. The SMILES string of the molecule is CCOC(=O)Cc1csc(NN=Cc2cc(Br)ccc2OCC(=O)NCCc2ccccc2)n1. The number of ether oxygens (including phenoxy) is 2. The molecule has 34 heavy (non-hydrogen) atoms. The summed E-state index contributed by atoms with van der Waals surface area (Å²) in [6.45, 7) is 2.54. The molecule has 1 amide bonds. The van der Waals surface area contributed by atoms with E-state index in [0.717, 1.165) is 16.5 Å². The number of hydrogen-bond acceptors (Lipinski definition) is 8. The van der Waals surface area contributed by atoms with Crippen LogP contribution in [0.25, 0.3) is 0 Å². The topological polar surface area (TPSA) is 102 Å². The predicted octanol–water partition coefficient (Wildman–Crippen LogP) is 4.19. The molecule has 0 aliphatic carbocycles. The van der Waals surface area contributed by atoms with Crippen molar-refractivity contribution in [3.8, 4) is 5.75 Å². The molecule has 3 aromatic rings. The quantitative estimate of drug-likeness (QED) is 0.201. The molecule has 0 atom stereocenters. The van der Waals surface area contributed by atoms with Gasteiger partial charge in [-0.25, -0.2) is 4.98 Å². The van der Waals surface area contributed by atoms with Crippen LogP contribution in [0.15, 0.2) is 63.5 Å². The second-order valence-corrected chi connectivity index (χ2v) is 8.83. The lowest BCUT2D eigenvalue weighted by Gasteiger charge is -2.10. The van der Waals surface area contributed by atoms with Crippen molar-refractivity contribution in [2.75, 3.05) is 25.2 Å². The first-order valence-corrected chi connectivity index (χ1v) is 12.3. The fourth-order valence-electron chi connectivity index (χ4n) is 2.89. The van der Waals surface area contributed by atoms with Crippen LogP contribution in [-0.4, -0.2) is 42.8 Å². The molecule has 2 N–H and O–H groups in total. The van der Waals surface area contributed by atoms with E-state index in [0.29, 0.717) is 35.3 Å². The summed E-state index contributed by atoms with van der Waals surface area (Å²) in [4.78, 5) is 28.1. The van der Waals surface area contributed by atoms with Crippen LogP contribution in [0.1, 0.15) is 23.7 Å². The Kier molecular flexibility index (Phi) is 10.1. The van der Waals surface area contributed by atoms with E-state index in [1.807, 2.05) is 42.5 Å². The third-order valence-corrected chi connectivity index (χ3v) is 5.74. The lowest BCUT2D eigenvalue weighted by molar-refractivity contribution is -0.142. The van der Waals surface area contributed by atoms with Gasteiger partial charge in [0.1, 0.15) is 5.75 Å². The molecular formula is C24H25BrN4O4S. The fourth-order valence-corrected chi connectivity index (χ4v) is 3.93. The summed E-state index contributed by atoms with van der Waals surface area (Å²) < 4.78 is 11.5. The maximum absolute atomic E-state index is 12.2. The number of carbonyl (C=O) groups excluding carboxylic acids is 2. The number of hydrazone groups is 1. The summed E-state index contributed by atoms with van der Waals surface area (Å²) in [7, 11) is 0. The molecule has 0 radical (unpaired) electrons. The lowest BCUT2D eigenvalue weighted by atomic mass is 10.1. The van der Waals surface area contributed by atoms with Crippen molar-refractivity contribution in [1.29, 1.82) is 0 Å². The van der Waals surface area contributed by atoms with Gasteiger partial charge in [0.25, 0.3) is 5.91 Å². The highest BCUT2D eigenvalue weighted by atomic mass is 79.9. The van der Waals surface area contributed by atoms with E-state index in [-0.39, 0.29) is 24.9 Å². The van der Waals surface area contributed by atoms with Gasteiger partial charge in [0.15, 0.2) is 6.61 Å². The minimum absolute atomic E-state index is 0.103. The summed E-state index contributed by atoms with van der Waals surface area (Å²) in [5.41, 5.74) is 5.31. The molecule has 0 unspecified atom stereocenters. The van der Waals surface area contributed by atoms with Crippen LogP contribution in [0.2, 0.25) is 0 Å². The number of nitrogens with one attached hydrogen (secondary N) is 2. The van der Waals surface area contributed by atoms with E-state index in [4.69, 9.17) is 9.47 Å². The minimum Gasteiger partial charge on any atom is -0.483 e. The number of nitrogens with zero attached hydrogens (tertiary/aromatic N) is 2. The standard InChI is InChI=1S/C24H25BrN4O4S/c1-2-32-23(31)13-20-16-34-24(28-20)29-27-14-18-12-19(25)8-9-21(18)33-15-22(30)26-11-10-17-6-4-3-5-7-17/h3-9,12,14,16H,2,10-11,13,15H2,1H3,(H,26,30)(H,28,29). The maximum Gasteiger partial charge on any atom is 0.311 e. The number of amides is 1. The average Bonchev–Trinajstić information content (AvgIpc) is 3.26. The minimum atomic E-state index is -0.317. The Balaban J connectivity index is 1.50. The van der Waals surface area contributed by atoms with E-state index in [9.17, 15) is 9.59 Å². The van der Waals surface area contributed by atoms with Crippen LogP contribution < -0.4 is 15.5 Å². The largest absolute Gasteiger partial charge is 0.483 e. The van der Waals surface area contributed by atoms with Gasteiger partial charge in [-0.3, -0.25) is 15.0 Å². The molecule has 0 saturated carbocycles. The van der Waals surface area contributed by atoms with Crippen molar-refractivity contribution in [3.05, 3.63) is 75.2 Å². The number of rotatable bonds is 12. The van der Waals surface area contributed by atoms with E-state index in [1.165, 1.54) is 11.3 Å². The highest BCUT2D eigenvalue weighted by Gasteiger charge is 2.09. The Morgan fingerprint density at radius 1 is 1.21 bits per heavy atom. The molecule has 0 saturated heterocycles. The van der Waals surface area contributed by atoms with E-state index in [1.54, 1.807) is 24.6 Å². The molecule has 0 aliphatic rings. The second-order valence-electron chi connectivity index (χ2n) is 7.05. The van der Waals surface area contributed by atoms with Crippen molar-refractivity contribution < 1.29 is 19.1 Å². The molecule has 178 valence electrons. The molecule has 3 rings (SSSR count). The normalized spacial score (nSPS) is 10.8. The Labute approximate surface area is 210 Å². The van der Waals surface area contributed by atoms with Crippen LogP contribution in [0.4, 0.5) is 5.13 Å². The van der Waals surface area contributed by atoms with Crippen molar-refractivity contribution in [2.24, 2.45) is 5.10 Å². The van der Waals surface area contributed by atoms with Crippen LogP contribution in [0, 0.1) is 0 Å². The molecular weight excluding hydrogens is 520 g/mol. The average molecular weight is 545 g/mol. The Morgan fingerprint density at radius 3 is 2.82 bits per heavy atom. The zero-order valence-electron chi connectivity index (χ0n) is 18.6. The third-order valence-electron chi connectivity index (χ3n) is 4.46. The summed E-state index contributed by atoms with van der Waals surface area (Å²) in [5, 5.41) is 9.39. The van der Waals surface area contributed by atoms with Gasteiger partial charge in [0.05, 0.1) is 24.9 Å². The molecule has 0 bridgehead atoms. The van der Waals surface area contributed by atoms with Crippen molar-refractivity contribution >= 4 is 50.5 Å². The van der Waals surface area contributed by atoms with Crippen molar-refractivity contribution in [3.63, 3.8) is 0 Å². The lowest BCUT2D eigenvalue weighted by Crippen LogP contribution is -2.30. The number of anilines is 1. The van der Waals surface area contributed by atoms with Gasteiger partial charge in [0.2, 0.25) is 5.13 Å². The first-order valence-electron chi connectivity index (χ1n) is 10.7. The Morgan fingerprint density at radius 2 is 2.03 bits per heavy atom. The molecule has 10 heteroatoms. The monoisotopic (exact) mass is 544 g/mol. The van der Waals surface area contributed by atoms with Crippen molar-refractivity contribution in [2.45, 2.75) is 19.8 Å². The van der Waals surface area contributed by atoms with Gasteiger partial charge in [-0.15, -0.1) is 11.3 Å². The van der Waals surface area contributed by atoms with Gasteiger partial charge in [-0.1, -0.05) is 46.3 Å². The number of benzene rings is 2. The second kappa shape index (κ2) is 13.5. The van der Waals surface area contributed by atoms with Crippen LogP contribution in [0.5, 0.6) is 5.75 Å². The maximum atomic E-state index is 12.2. The van der Waals surface area contributed by atoms with Crippen molar-refractivity contribution in [1.82, 2.24) is 10.3 Å². The van der Waals surface area contributed by atoms with Gasteiger partial charge in [0, 0.05) is 22.0 Å². The van der Waals surface area contributed by atoms with Crippen LogP contribution in [0.3, 0.4) is 0 Å². The molecule has 1 heterocycles. The van der Waals surface area contributed by atoms with Crippen LogP contribution >= 0.6 is 27.3 Å². The Bertz CT molecular complexity index is 1120. The molecule has 1 aromatic heterocycles. The highest BCUT2D eigenvalue weighted by Crippen LogP contribution is 2.22. The summed E-state index contributed by atoms with van der Waals surface area (Å²) >= 11 is 4.77. The van der Waals surface area contributed by atoms with Gasteiger partial charge in [-0.05, 0) is 37.1 Å². The van der Waals surface area contributed by atoms with E-state index >= 15 is 0 Å². The summed E-state index contributed by atoms with van der Waals surface area (Å²) in [6.07, 6.45) is 2.46. The third kappa shape index (κ3) is 8.60. The zero-order chi connectivity index (χ0) is 24.2. The smallest absolute Gasteiger partial charge is 0.311 e. The zero-order valence-corrected chi connectivity index (χ0v) is 21.0. The van der Waals surface area contributed by atoms with Gasteiger partial charge < -0.3 is 14.8 Å². The van der Waals surface area contributed by atoms with Gasteiger partial charge in [-0.2, -0.15) is 5.10 Å². The van der Waals surface area contributed by atoms with Crippen LogP contribution in [-0.2, 0) is 27.2 Å². The summed E-state index contributed by atoms with van der Waals surface area (Å²) in [6, 6.07) is 15.4. The number of aromatic nitrogens is 1. The van der Waals surface area contributed by atoms with E-state index < -0.39 is 0 Å². The van der Waals surface area contributed by atoms with Gasteiger partial charge >= 0.3 is 5.97 Å². The molecule has 2 aromatic carbocycles. The molecule has 8 nitrogen and oxygen atoms in total. The molecule has 0 spiro atoms.